The van der Waals surface area contributed by atoms with Gasteiger partial charge in [-0.1, -0.05) is 19.8 Å². The lowest BCUT2D eigenvalue weighted by Crippen LogP contribution is -2.35. The van der Waals surface area contributed by atoms with Crippen LogP contribution in [0.15, 0.2) is 0 Å². The van der Waals surface area contributed by atoms with Crippen molar-refractivity contribution in [2.75, 3.05) is 6.54 Å². The highest BCUT2D eigenvalue weighted by molar-refractivity contribution is 5.88. The number of carbonyl (C=O) groups is 1. The number of hydrogen-bond acceptors (Lipinski definition) is 2. The third-order valence-corrected chi connectivity index (χ3v) is 4.09. The van der Waals surface area contributed by atoms with Crippen molar-refractivity contribution in [1.82, 2.24) is 5.32 Å². The van der Waals surface area contributed by atoms with Crippen LogP contribution in [0.5, 0.6) is 0 Å². The zero-order chi connectivity index (χ0) is 11.6. The van der Waals surface area contributed by atoms with Crippen LogP contribution >= 0.6 is 0 Å². The van der Waals surface area contributed by atoms with Crippen LogP contribution in [0.25, 0.3) is 0 Å². The maximum Gasteiger partial charge on any atom is 0.240 e. The number of nitriles is 1. The van der Waals surface area contributed by atoms with Gasteiger partial charge >= 0.3 is 0 Å². The fourth-order valence-corrected chi connectivity index (χ4v) is 2.45. The Morgan fingerprint density at radius 1 is 1.38 bits per heavy atom. The summed E-state index contributed by atoms with van der Waals surface area (Å²) in [5.74, 6) is 1.45. The van der Waals surface area contributed by atoms with Crippen LogP contribution < -0.4 is 5.32 Å². The second kappa shape index (κ2) is 4.45. The average Bonchev–Trinajstić information content (AvgIpc) is 3.09. The smallest absolute Gasteiger partial charge is 0.240 e. The van der Waals surface area contributed by atoms with Crippen molar-refractivity contribution in [3.05, 3.63) is 0 Å². The Hall–Kier alpha value is -1.04. The minimum atomic E-state index is -0.651. The van der Waals surface area contributed by atoms with E-state index >= 15 is 0 Å². The molecule has 0 radical (unpaired) electrons. The predicted octanol–water partition coefficient (Wildman–Crippen LogP) is 2.23. The summed E-state index contributed by atoms with van der Waals surface area (Å²) in [5, 5.41) is 11.8. The minimum Gasteiger partial charge on any atom is -0.354 e. The van der Waals surface area contributed by atoms with Crippen LogP contribution in [0.3, 0.4) is 0 Å². The van der Waals surface area contributed by atoms with Crippen LogP contribution in [0.1, 0.15) is 45.4 Å². The summed E-state index contributed by atoms with van der Waals surface area (Å²) in [7, 11) is 0. The van der Waals surface area contributed by atoms with E-state index in [2.05, 4.69) is 18.3 Å². The molecule has 0 spiro atoms. The van der Waals surface area contributed by atoms with Crippen molar-refractivity contribution in [3.8, 4) is 6.07 Å². The molecule has 0 aliphatic heterocycles. The summed E-state index contributed by atoms with van der Waals surface area (Å²) in [6, 6.07) is 2.13. The molecule has 88 valence electrons. The van der Waals surface area contributed by atoms with Crippen molar-refractivity contribution in [2.24, 2.45) is 17.3 Å². The van der Waals surface area contributed by atoms with Crippen LogP contribution in [-0.2, 0) is 4.79 Å². The Labute approximate surface area is 97.2 Å². The van der Waals surface area contributed by atoms with E-state index in [-0.39, 0.29) is 5.91 Å². The van der Waals surface area contributed by atoms with Gasteiger partial charge in [0.05, 0.1) is 6.07 Å². The molecule has 1 N–H and O–H groups in total. The van der Waals surface area contributed by atoms with Gasteiger partial charge in [0.2, 0.25) is 5.91 Å². The number of nitrogens with zero attached hydrogens (tertiary/aromatic N) is 1. The molecule has 0 bridgehead atoms. The van der Waals surface area contributed by atoms with Crippen LogP contribution in [-0.4, -0.2) is 12.5 Å². The lowest BCUT2D eigenvalue weighted by Gasteiger charge is -2.26. The molecule has 0 aromatic carbocycles. The molecule has 0 saturated heterocycles. The van der Waals surface area contributed by atoms with E-state index in [1.165, 1.54) is 25.7 Å². The van der Waals surface area contributed by atoms with Crippen molar-refractivity contribution in [3.63, 3.8) is 0 Å². The minimum absolute atomic E-state index is 0.0337. The van der Waals surface area contributed by atoms with E-state index in [9.17, 15) is 4.79 Å². The standard InChI is InChI=1S/C13H20N2O/c1-10-2-4-11(5-3-10)8-15-12(16)13(9-14)6-7-13/h10-11H,2-8H2,1H3,(H,15,16). The van der Waals surface area contributed by atoms with Crippen molar-refractivity contribution < 1.29 is 4.79 Å². The summed E-state index contributed by atoms with van der Waals surface area (Å²) in [6.45, 7) is 3.07. The highest BCUT2D eigenvalue weighted by Gasteiger charge is 2.50. The van der Waals surface area contributed by atoms with Gasteiger partial charge in [-0.25, -0.2) is 0 Å². The number of hydrogen-bond donors (Lipinski definition) is 1. The molecule has 2 aliphatic rings. The largest absolute Gasteiger partial charge is 0.354 e. The molecule has 0 unspecified atom stereocenters. The van der Waals surface area contributed by atoms with Gasteiger partial charge in [0.1, 0.15) is 5.41 Å². The number of nitrogens with one attached hydrogen (secondary N) is 1. The monoisotopic (exact) mass is 220 g/mol. The maximum absolute atomic E-state index is 11.7. The first-order valence-corrected chi connectivity index (χ1v) is 6.36. The number of amides is 1. The van der Waals surface area contributed by atoms with E-state index in [0.717, 1.165) is 25.3 Å². The molecule has 3 heteroatoms. The van der Waals surface area contributed by atoms with Gasteiger partial charge in [0, 0.05) is 6.54 Å². The molecule has 0 heterocycles. The lowest BCUT2D eigenvalue weighted by atomic mass is 9.83. The highest BCUT2D eigenvalue weighted by atomic mass is 16.2. The Morgan fingerprint density at radius 2 is 2.00 bits per heavy atom. The molecule has 3 nitrogen and oxygen atoms in total. The van der Waals surface area contributed by atoms with Crippen LogP contribution in [0.2, 0.25) is 0 Å². The number of rotatable bonds is 3. The molecule has 2 saturated carbocycles. The molecule has 0 atom stereocenters. The molecular weight excluding hydrogens is 200 g/mol. The van der Waals surface area contributed by atoms with Gasteiger partial charge in [0.25, 0.3) is 0 Å². The summed E-state index contributed by atoms with van der Waals surface area (Å²) in [6.07, 6.45) is 6.50. The SMILES string of the molecule is CC1CCC(CNC(=O)C2(C#N)CC2)CC1. The second-order valence-corrected chi connectivity index (χ2v) is 5.53. The summed E-state index contributed by atoms with van der Waals surface area (Å²) >= 11 is 0. The second-order valence-electron chi connectivity index (χ2n) is 5.53. The normalized spacial score (nSPS) is 31.5. The first-order valence-electron chi connectivity index (χ1n) is 6.36. The predicted molar refractivity (Wildman–Crippen MR) is 61.4 cm³/mol. The van der Waals surface area contributed by atoms with Gasteiger partial charge in [-0.2, -0.15) is 5.26 Å². The zero-order valence-corrected chi connectivity index (χ0v) is 9.96. The number of carbonyl (C=O) groups excluding carboxylic acids is 1. The van der Waals surface area contributed by atoms with Gasteiger partial charge < -0.3 is 5.32 Å². The van der Waals surface area contributed by atoms with Gasteiger partial charge in [-0.05, 0) is 37.5 Å². The van der Waals surface area contributed by atoms with Gasteiger partial charge in [-0.3, -0.25) is 4.79 Å². The molecular formula is C13H20N2O. The third-order valence-electron chi connectivity index (χ3n) is 4.09. The van der Waals surface area contributed by atoms with E-state index < -0.39 is 5.41 Å². The molecule has 0 aromatic rings. The maximum atomic E-state index is 11.7. The fourth-order valence-electron chi connectivity index (χ4n) is 2.45. The first-order chi connectivity index (χ1) is 7.66. The Bertz CT molecular complexity index is 306. The van der Waals surface area contributed by atoms with E-state index in [1.807, 2.05) is 0 Å². The Kier molecular flexibility index (Phi) is 3.18. The average molecular weight is 220 g/mol. The van der Waals surface area contributed by atoms with Crippen molar-refractivity contribution in [1.29, 1.82) is 5.26 Å². The lowest BCUT2D eigenvalue weighted by molar-refractivity contribution is -0.124. The van der Waals surface area contributed by atoms with E-state index in [1.54, 1.807) is 0 Å². The van der Waals surface area contributed by atoms with Crippen molar-refractivity contribution >= 4 is 5.91 Å². The quantitative estimate of drug-likeness (QED) is 0.793. The highest BCUT2D eigenvalue weighted by Crippen LogP contribution is 2.45. The zero-order valence-electron chi connectivity index (χ0n) is 9.96. The summed E-state index contributed by atoms with van der Waals surface area (Å²) < 4.78 is 0. The molecule has 2 rings (SSSR count). The first kappa shape index (κ1) is 11.4. The molecule has 1 amide bonds. The fraction of sp³-hybridized carbons (Fsp3) is 0.846. The van der Waals surface area contributed by atoms with Gasteiger partial charge in [0.15, 0.2) is 0 Å². The molecule has 16 heavy (non-hydrogen) atoms. The molecule has 0 aromatic heterocycles. The Balaban J connectivity index is 1.72. The van der Waals surface area contributed by atoms with E-state index in [0.29, 0.717) is 5.92 Å². The third kappa shape index (κ3) is 2.37. The van der Waals surface area contributed by atoms with Crippen molar-refractivity contribution in [2.45, 2.75) is 45.4 Å². The van der Waals surface area contributed by atoms with Crippen LogP contribution in [0, 0.1) is 28.6 Å². The van der Waals surface area contributed by atoms with Crippen LogP contribution in [0.4, 0.5) is 0 Å². The van der Waals surface area contributed by atoms with Gasteiger partial charge in [-0.15, -0.1) is 0 Å². The molecule has 2 aliphatic carbocycles. The topological polar surface area (TPSA) is 52.9 Å². The summed E-state index contributed by atoms with van der Waals surface area (Å²) in [5.41, 5.74) is -0.651. The van der Waals surface area contributed by atoms with E-state index in [4.69, 9.17) is 5.26 Å². The summed E-state index contributed by atoms with van der Waals surface area (Å²) in [4.78, 5) is 11.7. The Morgan fingerprint density at radius 3 is 2.50 bits per heavy atom. The molecule has 2 fully saturated rings.